The summed E-state index contributed by atoms with van der Waals surface area (Å²) in [6.45, 7) is 3.90. The highest BCUT2D eigenvalue weighted by atomic mass is 35.5. The second kappa shape index (κ2) is 7.19. The lowest BCUT2D eigenvalue weighted by molar-refractivity contribution is -0.143. The van der Waals surface area contributed by atoms with Gasteiger partial charge in [0.2, 0.25) is 0 Å². The van der Waals surface area contributed by atoms with Gasteiger partial charge in [0.1, 0.15) is 12.4 Å². The molecule has 2 rings (SSSR count). The number of amides is 4. The zero-order valence-electron chi connectivity index (χ0n) is 12.7. The highest BCUT2D eigenvalue weighted by Gasteiger charge is 2.44. The summed E-state index contributed by atoms with van der Waals surface area (Å²) >= 11 is 11.8. The van der Waals surface area contributed by atoms with Crippen LogP contribution in [0.5, 0.6) is 5.75 Å². The molecule has 1 heterocycles. The highest BCUT2D eigenvalue weighted by Crippen LogP contribution is 2.27. The molecule has 124 valence electrons. The molecule has 1 aromatic rings. The lowest BCUT2D eigenvalue weighted by Crippen LogP contribution is -2.37. The van der Waals surface area contributed by atoms with E-state index in [4.69, 9.17) is 27.9 Å². The molecule has 0 aromatic heterocycles. The Kier molecular flexibility index (Phi) is 5.49. The van der Waals surface area contributed by atoms with E-state index in [9.17, 15) is 14.4 Å². The molecule has 1 aromatic carbocycles. The van der Waals surface area contributed by atoms with Gasteiger partial charge in [0.15, 0.2) is 0 Å². The van der Waals surface area contributed by atoms with Crippen molar-refractivity contribution in [3.63, 3.8) is 0 Å². The number of nitrogens with zero attached hydrogens (tertiary/aromatic N) is 2. The highest BCUT2D eigenvalue weighted by molar-refractivity contribution is 6.44. The summed E-state index contributed by atoms with van der Waals surface area (Å²) < 4.78 is 5.44. The van der Waals surface area contributed by atoms with Crippen LogP contribution in [0.15, 0.2) is 18.2 Å². The van der Waals surface area contributed by atoms with Gasteiger partial charge in [-0.15, -0.1) is 0 Å². The maximum absolute atomic E-state index is 12.1. The Morgan fingerprint density at radius 1 is 1.09 bits per heavy atom. The van der Waals surface area contributed by atoms with Crippen molar-refractivity contribution in [1.29, 1.82) is 0 Å². The van der Waals surface area contributed by atoms with Gasteiger partial charge in [-0.2, -0.15) is 0 Å². The Bertz CT molecular complexity index is 648. The summed E-state index contributed by atoms with van der Waals surface area (Å²) in [5.74, 6) is -1.21. The van der Waals surface area contributed by atoms with Crippen LogP contribution in [0.4, 0.5) is 4.79 Å². The Balaban J connectivity index is 1.98. The third kappa shape index (κ3) is 3.95. The first kappa shape index (κ1) is 17.6. The molecule has 0 unspecified atom stereocenters. The Morgan fingerprint density at radius 3 is 2.39 bits per heavy atom. The van der Waals surface area contributed by atoms with E-state index in [2.05, 4.69) is 0 Å². The van der Waals surface area contributed by atoms with Gasteiger partial charge in [0.25, 0.3) is 0 Å². The van der Waals surface area contributed by atoms with E-state index < -0.39 is 17.8 Å². The van der Waals surface area contributed by atoms with Crippen LogP contribution in [0.3, 0.4) is 0 Å². The Morgan fingerprint density at radius 2 is 1.74 bits per heavy atom. The molecule has 1 aliphatic heterocycles. The number of rotatable bonds is 6. The number of ether oxygens (including phenoxy) is 1. The summed E-state index contributed by atoms with van der Waals surface area (Å²) in [5, 5.41) is 0.821. The normalized spacial score (nSPS) is 15.1. The van der Waals surface area contributed by atoms with Gasteiger partial charge in [-0.05, 0) is 18.1 Å². The molecule has 0 bridgehead atoms. The maximum atomic E-state index is 12.1. The van der Waals surface area contributed by atoms with Crippen LogP contribution in [0.25, 0.3) is 0 Å². The van der Waals surface area contributed by atoms with Gasteiger partial charge in [0.05, 0.1) is 11.6 Å². The maximum Gasteiger partial charge on any atom is 0.334 e. The molecule has 8 heteroatoms. The average molecular weight is 359 g/mol. The number of hydrogen-bond donors (Lipinski definition) is 0. The van der Waals surface area contributed by atoms with E-state index in [-0.39, 0.29) is 25.6 Å². The first-order valence-corrected chi connectivity index (χ1v) is 7.82. The van der Waals surface area contributed by atoms with Crippen molar-refractivity contribution in [3.8, 4) is 5.75 Å². The molecule has 23 heavy (non-hydrogen) atoms. The van der Waals surface area contributed by atoms with Gasteiger partial charge in [-0.3, -0.25) is 19.4 Å². The SMILES string of the molecule is CC(C)CN1C(=O)C(=O)N(CCOc2cc(Cl)ccc2Cl)C1=O. The Labute approximate surface area is 143 Å². The fourth-order valence-electron chi connectivity index (χ4n) is 2.11. The van der Waals surface area contributed by atoms with Crippen LogP contribution >= 0.6 is 23.2 Å². The first-order valence-electron chi connectivity index (χ1n) is 7.06. The zero-order chi connectivity index (χ0) is 17.1. The van der Waals surface area contributed by atoms with Crippen LogP contribution in [-0.4, -0.2) is 47.3 Å². The minimum atomic E-state index is -0.837. The zero-order valence-corrected chi connectivity index (χ0v) is 14.2. The van der Waals surface area contributed by atoms with Crippen molar-refractivity contribution in [2.45, 2.75) is 13.8 Å². The third-order valence-corrected chi connectivity index (χ3v) is 3.70. The molecule has 1 saturated heterocycles. The molecule has 0 spiro atoms. The summed E-state index contributed by atoms with van der Waals surface area (Å²) in [7, 11) is 0. The lowest BCUT2D eigenvalue weighted by Gasteiger charge is -2.17. The standard InChI is InChI=1S/C15H16Cl2N2O4/c1-9(2)8-19-14(21)13(20)18(15(19)22)5-6-23-12-7-10(16)3-4-11(12)17/h3-4,7,9H,5-6,8H2,1-2H3. The molecule has 0 N–H and O–H groups in total. The minimum Gasteiger partial charge on any atom is -0.490 e. The van der Waals surface area contributed by atoms with Crippen LogP contribution in [-0.2, 0) is 9.59 Å². The number of halogens is 2. The fourth-order valence-corrected chi connectivity index (χ4v) is 2.44. The van der Waals surface area contributed by atoms with Crippen LogP contribution in [0, 0.1) is 5.92 Å². The number of urea groups is 1. The number of carbonyl (C=O) groups is 3. The molecule has 6 nitrogen and oxygen atoms in total. The molecular weight excluding hydrogens is 343 g/mol. The first-order chi connectivity index (χ1) is 10.8. The van der Waals surface area contributed by atoms with Crippen LogP contribution in [0.2, 0.25) is 10.0 Å². The van der Waals surface area contributed by atoms with E-state index in [1.54, 1.807) is 12.1 Å². The van der Waals surface area contributed by atoms with Crippen molar-refractivity contribution in [3.05, 3.63) is 28.2 Å². The smallest absolute Gasteiger partial charge is 0.334 e. The third-order valence-electron chi connectivity index (χ3n) is 3.15. The van der Waals surface area contributed by atoms with E-state index in [0.717, 1.165) is 9.80 Å². The van der Waals surface area contributed by atoms with Crippen molar-refractivity contribution >= 4 is 41.0 Å². The van der Waals surface area contributed by atoms with Gasteiger partial charge >= 0.3 is 17.8 Å². The average Bonchev–Trinajstić information content (AvgIpc) is 2.68. The minimum absolute atomic E-state index is 0.0142. The molecule has 0 saturated carbocycles. The van der Waals surface area contributed by atoms with Gasteiger partial charge in [-0.1, -0.05) is 37.0 Å². The predicted octanol–water partition coefficient (Wildman–Crippen LogP) is 2.82. The van der Waals surface area contributed by atoms with Crippen molar-refractivity contribution in [2.24, 2.45) is 5.92 Å². The molecule has 1 fully saturated rings. The summed E-state index contributed by atoms with van der Waals surface area (Å²) in [4.78, 5) is 37.7. The number of hydrogen-bond acceptors (Lipinski definition) is 4. The summed E-state index contributed by atoms with van der Waals surface area (Å²) in [5.41, 5.74) is 0. The molecule has 0 radical (unpaired) electrons. The summed E-state index contributed by atoms with van der Waals surface area (Å²) in [6.07, 6.45) is 0. The van der Waals surface area contributed by atoms with E-state index in [1.807, 2.05) is 13.8 Å². The topological polar surface area (TPSA) is 66.9 Å². The molecular formula is C15H16Cl2N2O4. The quantitative estimate of drug-likeness (QED) is 0.579. The largest absolute Gasteiger partial charge is 0.490 e. The molecule has 0 atom stereocenters. The second-order valence-corrected chi connectivity index (χ2v) is 6.32. The van der Waals surface area contributed by atoms with Crippen molar-refractivity contribution in [1.82, 2.24) is 9.80 Å². The summed E-state index contributed by atoms with van der Waals surface area (Å²) in [6, 6.07) is 4.12. The van der Waals surface area contributed by atoms with Gasteiger partial charge < -0.3 is 4.74 Å². The fraction of sp³-hybridized carbons (Fsp3) is 0.400. The number of carbonyl (C=O) groups excluding carboxylic acids is 3. The van der Waals surface area contributed by atoms with Crippen LogP contribution < -0.4 is 4.74 Å². The van der Waals surface area contributed by atoms with Gasteiger partial charge in [0, 0.05) is 17.6 Å². The van der Waals surface area contributed by atoms with E-state index in [1.165, 1.54) is 6.07 Å². The second-order valence-electron chi connectivity index (χ2n) is 5.47. The van der Waals surface area contributed by atoms with Crippen molar-refractivity contribution in [2.75, 3.05) is 19.7 Å². The number of imide groups is 2. The lowest BCUT2D eigenvalue weighted by atomic mass is 10.2. The molecule has 4 amide bonds. The monoisotopic (exact) mass is 358 g/mol. The van der Waals surface area contributed by atoms with E-state index in [0.29, 0.717) is 15.8 Å². The van der Waals surface area contributed by atoms with Crippen molar-refractivity contribution < 1.29 is 19.1 Å². The van der Waals surface area contributed by atoms with E-state index >= 15 is 0 Å². The predicted molar refractivity (Wildman–Crippen MR) is 85.6 cm³/mol. The van der Waals surface area contributed by atoms with Gasteiger partial charge in [-0.25, -0.2) is 4.79 Å². The van der Waals surface area contributed by atoms with Crippen LogP contribution in [0.1, 0.15) is 13.8 Å². The molecule has 0 aliphatic carbocycles. The number of benzene rings is 1. The Hall–Kier alpha value is -1.79. The molecule has 1 aliphatic rings.